The van der Waals surface area contributed by atoms with Gasteiger partial charge >= 0.3 is 0 Å². The zero-order chi connectivity index (χ0) is 13.0. The highest BCUT2D eigenvalue weighted by atomic mass is 16.3. The molecule has 2 nitrogen and oxygen atoms in total. The topological polar surface area (TPSA) is 32.3 Å². The van der Waals surface area contributed by atoms with Crippen LogP contribution >= 0.6 is 0 Å². The first-order chi connectivity index (χ1) is 8.55. The standard InChI is InChI=1S/C16H25NO/c1-13-6-8-14(9-7-13)11-16(2,18)12-15-5-3-4-10-17-15/h6-9,15,17-18H,3-5,10-12H2,1-2H3. The maximum atomic E-state index is 10.5. The van der Waals surface area contributed by atoms with Gasteiger partial charge in [-0.1, -0.05) is 36.2 Å². The van der Waals surface area contributed by atoms with Gasteiger partial charge in [0.2, 0.25) is 0 Å². The van der Waals surface area contributed by atoms with Crippen LogP contribution in [-0.2, 0) is 6.42 Å². The normalized spacial score (nSPS) is 23.6. The number of nitrogens with one attached hydrogen (secondary N) is 1. The molecule has 1 saturated heterocycles. The SMILES string of the molecule is Cc1ccc(CC(C)(O)CC2CCCCN2)cc1. The Bertz CT molecular complexity index is 363. The Morgan fingerprint density at radius 3 is 2.61 bits per heavy atom. The highest BCUT2D eigenvalue weighted by Gasteiger charge is 2.26. The minimum atomic E-state index is -0.607. The summed E-state index contributed by atoms with van der Waals surface area (Å²) in [7, 11) is 0. The van der Waals surface area contributed by atoms with Crippen molar-refractivity contribution in [3.05, 3.63) is 35.4 Å². The van der Waals surface area contributed by atoms with Crippen LogP contribution in [0.25, 0.3) is 0 Å². The lowest BCUT2D eigenvalue weighted by atomic mass is 9.87. The number of hydrogen-bond acceptors (Lipinski definition) is 2. The second-order valence-electron chi connectivity index (χ2n) is 6.01. The second kappa shape index (κ2) is 5.85. The molecule has 1 aliphatic heterocycles. The van der Waals surface area contributed by atoms with Gasteiger partial charge in [-0.25, -0.2) is 0 Å². The number of benzene rings is 1. The molecule has 1 heterocycles. The van der Waals surface area contributed by atoms with Crippen LogP contribution in [0.5, 0.6) is 0 Å². The Morgan fingerprint density at radius 1 is 1.28 bits per heavy atom. The fourth-order valence-electron chi connectivity index (χ4n) is 2.85. The smallest absolute Gasteiger partial charge is 0.0674 e. The Labute approximate surface area is 110 Å². The average molecular weight is 247 g/mol. The molecule has 0 amide bonds. The van der Waals surface area contributed by atoms with E-state index in [-0.39, 0.29) is 0 Å². The Morgan fingerprint density at radius 2 is 2.00 bits per heavy atom. The van der Waals surface area contributed by atoms with E-state index in [1.807, 2.05) is 6.92 Å². The van der Waals surface area contributed by atoms with Crippen molar-refractivity contribution in [3.63, 3.8) is 0 Å². The fraction of sp³-hybridized carbons (Fsp3) is 0.625. The third-order valence-electron chi connectivity index (χ3n) is 3.80. The summed E-state index contributed by atoms with van der Waals surface area (Å²) < 4.78 is 0. The lowest BCUT2D eigenvalue weighted by molar-refractivity contribution is 0.0371. The summed E-state index contributed by atoms with van der Waals surface area (Å²) in [6, 6.07) is 8.96. The second-order valence-corrected chi connectivity index (χ2v) is 6.01. The van der Waals surface area contributed by atoms with Crippen LogP contribution in [0, 0.1) is 6.92 Å². The number of hydrogen-bond donors (Lipinski definition) is 2. The van der Waals surface area contributed by atoms with Gasteiger partial charge in [0.15, 0.2) is 0 Å². The maximum absolute atomic E-state index is 10.5. The third-order valence-corrected chi connectivity index (χ3v) is 3.80. The molecule has 1 aromatic rings. The molecule has 2 unspecified atom stereocenters. The molecule has 0 radical (unpaired) electrons. The molecule has 0 spiro atoms. The molecule has 1 aliphatic rings. The van der Waals surface area contributed by atoms with Crippen molar-refractivity contribution in [2.75, 3.05) is 6.54 Å². The van der Waals surface area contributed by atoms with Gasteiger partial charge in [0, 0.05) is 12.5 Å². The van der Waals surface area contributed by atoms with Crippen molar-refractivity contribution in [3.8, 4) is 0 Å². The summed E-state index contributed by atoms with van der Waals surface area (Å²) in [6.07, 6.45) is 5.35. The van der Waals surface area contributed by atoms with Crippen LogP contribution in [0.4, 0.5) is 0 Å². The maximum Gasteiger partial charge on any atom is 0.0674 e. The van der Waals surface area contributed by atoms with Crippen LogP contribution in [-0.4, -0.2) is 23.3 Å². The summed E-state index contributed by atoms with van der Waals surface area (Å²) in [4.78, 5) is 0. The third kappa shape index (κ3) is 4.11. The van der Waals surface area contributed by atoms with Gasteiger partial charge in [-0.15, -0.1) is 0 Å². The van der Waals surface area contributed by atoms with Crippen molar-refractivity contribution >= 4 is 0 Å². The number of rotatable bonds is 4. The lowest BCUT2D eigenvalue weighted by Crippen LogP contribution is -2.41. The Hall–Kier alpha value is -0.860. The molecule has 2 atom stereocenters. The number of aryl methyl sites for hydroxylation is 1. The van der Waals surface area contributed by atoms with Crippen LogP contribution in [0.2, 0.25) is 0 Å². The minimum absolute atomic E-state index is 0.485. The van der Waals surface area contributed by atoms with Gasteiger partial charge in [0.25, 0.3) is 0 Å². The molecule has 100 valence electrons. The lowest BCUT2D eigenvalue weighted by Gasteiger charge is -2.31. The van der Waals surface area contributed by atoms with Gasteiger partial charge < -0.3 is 10.4 Å². The summed E-state index contributed by atoms with van der Waals surface area (Å²) in [5.41, 5.74) is 1.89. The van der Waals surface area contributed by atoms with Crippen LogP contribution in [0.15, 0.2) is 24.3 Å². The van der Waals surface area contributed by atoms with E-state index in [0.717, 1.165) is 19.4 Å². The predicted octanol–water partition coefficient (Wildman–Crippen LogP) is 2.82. The molecular formula is C16H25NO. The van der Waals surface area contributed by atoms with E-state index < -0.39 is 5.60 Å². The first kappa shape index (κ1) is 13.6. The Balaban J connectivity index is 1.91. The first-order valence-electron chi connectivity index (χ1n) is 7.06. The van der Waals surface area contributed by atoms with Crippen molar-refractivity contribution in [1.82, 2.24) is 5.32 Å². The minimum Gasteiger partial charge on any atom is -0.390 e. The number of piperidine rings is 1. The highest BCUT2D eigenvalue weighted by Crippen LogP contribution is 2.22. The fourth-order valence-corrected chi connectivity index (χ4v) is 2.85. The summed E-state index contributed by atoms with van der Waals surface area (Å²) >= 11 is 0. The molecule has 2 heteroatoms. The monoisotopic (exact) mass is 247 g/mol. The summed E-state index contributed by atoms with van der Waals surface area (Å²) in [5.74, 6) is 0. The largest absolute Gasteiger partial charge is 0.390 e. The van der Waals surface area contributed by atoms with Crippen molar-refractivity contribution in [2.24, 2.45) is 0 Å². The van der Waals surface area contributed by atoms with Crippen LogP contribution in [0.1, 0.15) is 43.7 Å². The molecule has 0 saturated carbocycles. The Kier molecular flexibility index (Phi) is 4.41. The molecule has 1 fully saturated rings. The zero-order valence-corrected chi connectivity index (χ0v) is 11.6. The van der Waals surface area contributed by atoms with E-state index in [4.69, 9.17) is 0 Å². The van der Waals surface area contributed by atoms with Crippen molar-refractivity contribution < 1.29 is 5.11 Å². The molecule has 2 N–H and O–H groups in total. The van der Waals surface area contributed by atoms with Gasteiger partial charge in [0.1, 0.15) is 0 Å². The highest BCUT2D eigenvalue weighted by molar-refractivity contribution is 5.22. The van der Waals surface area contributed by atoms with E-state index in [0.29, 0.717) is 6.04 Å². The molecule has 1 aromatic carbocycles. The quantitative estimate of drug-likeness (QED) is 0.857. The van der Waals surface area contributed by atoms with Crippen molar-refractivity contribution in [2.45, 2.75) is 57.6 Å². The predicted molar refractivity (Wildman–Crippen MR) is 75.8 cm³/mol. The van der Waals surface area contributed by atoms with E-state index in [1.54, 1.807) is 0 Å². The van der Waals surface area contributed by atoms with E-state index >= 15 is 0 Å². The molecule has 18 heavy (non-hydrogen) atoms. The van der Waals surface area contributed by atoms with Gasteiger partial charge in [0.05, 0.1) is 5.60 Å². The molecule has 0 aromatic heterocycles. The van der Waals surface area contributed by atoms with Crippen LogP contribution < -0.4 is 5.32 Å². The summed E-state index contributed by atoms with van der Waals surface area (Å²) in [5, 5.41) is 14.1. The number of aliphatic hydroxyl groups is 1. The molecule has 0 aliphatic carbocycles. The van der Waals surface area contributed by atoms with Crippen molar-refractivity contribution in [1.29, 1.82) is 0 Å². The zero-order valence-electron chi connectivity index (χ0n) is 11.6. The average Bonchev–Trinajstić information content (AvgIpc) is 2.32. The molecule has 0 bridgehead atoms. The van der Waals surface area contributed by atoms with Gasteiger partial charge in [-0.05, 0) is 45.2 Å². The van der Waals surface area contributed by atoms with E-state index in [2.05, 4.69) is 36.5 Å². The van der Waals surface area contributed by atoms with Crippen LogP contribution in [0.3, 0.4) is 0 Å². The van der Waals surface area contributed by atoms with E-state index in [1.165, 1.54) is 30.4 Å². The van der Waals surface area contributed by atoms with E-state index in [9.17, 15) is 5.11 Å². The summed E-state index contributed by atoms with van der Waals surface area (Å²) in [6.45, 7) is 5.16. The first-order valence-corrected chi connectivity index (χ1v) is 7.06. The van der Waals surface area contributed by atoms with Gasteiger partial charge in [-0.2, -0.15) is 0 Å². The van der Waals surface area contributed by atoms with Gasteiger partial charge in [-0.3, -0.25) is 0 Å². The molecular weight excluding hydrogens is 222 g/mol. The molecule has 2 rings (SSSR count).